The Hall–Kier alpha value is -3.19. The molecule has 3 heterocycles. The van der Waals surface area contributed by atoms with Crippen molar-refractivity contribution in [2.24, 2.45) is 13.0 Å². The number of piperazine rings is 1. The molecular formula is C26H29FN4O2. The van der Waals surface area contributed by atoms with Gasteiger partial charge in [-0.3, -0.25) is 9.88 Å². The van der Waals surface area contributed by atoms with Crippen molar-refractivity contribution in [1.29, 1.82) is 0 Å². The van der Waals surface area contributed by atoms with Crippen molar-refractivity contribution in [2.75, 3.05) is 44.7 Å². The summed E-state index contributed by atoms with van der Waals surface area (Å²) in [6, 6.07) is 10.2. The summed E-state index contributed by atoms with van der Waals surface area (Å²) in [6.07, 6.45) is 6.22. The van der Waals surface area contributed by atoms with E-state index in [1.165, 1.54) is 38.6 Å². The van der Waals surface area contributed by atoms with Gasteiger partial charge in [-0.2, -0.15) is 0 Å². The molecule has 1 saturated carbocycles. The van der Waals surface area contributed by atoms with E-state index in [-0.39, 0.29) is 5.82 Å². The van der Waals surface area contributed by atoms with Crippen LogP contribution in [-0.4, -0.2) is 60.3 Å². The summed E-state index contributed by atoms with van der Waals surface area (Å²) in [6.45, 7) is 4.94. The average molecular weight is 449 g/mol. The minimum absolute atomic E-state index is 0.313. The van der Waals surface area contributed by atoms with E-state index in [9.17, 15) is 9.18 Å². The lowest BCUT2D eigenvalue weighted by Crippen LogP contribution is -2.47. The van der Waals surface area contributed by atoms with Crippen molar-refractivity contribution in [2.45, 2.75) is 12.8 Å². The fraction of sp³-hybridized carbons (Fsp3) is 0.385. The first-order valence-electron chi connectivity index (χ1n) is 11.5. The van der Waals surface area contributed by atoms with Crippen LogP contribution in [0.25, 0.3) is 22.3 Å². The second-order valence-electron chi connectivity index (χ2n) is 8.95. The Balaban J connectivity index is 1.65. The van der Waals surface area contributed by atoms with Gasteiger partial charge in [0.05, 0.1) is 7.11 Å². The van der Waals surface area contributed by atoms with Crippen LogP contribution < -0.4 is 4.90 Å². The van der Waals surface area contributed by atoms with Crippen LogP contribution in [0.5, 0.6) is 0 Å². The van der Waals surface area contributed by atoms with Crippen LogP contribution in [0.4, 0.5) is 10.2 Å². The van der Waals surface area contributed by atoms with Crippen LogP contribution in [-0.2, 0) is 11.8 Å². The number of ether oxygens (including phenoxy) is 1. The molecule has 0 atom stereocenters. The van der Waals surface area contributed by atoms with E-state index < -0.39 is 5.97 Å². The molecule has 0 amide bonds. The Kier molecular flexibility index (Phi) is 5.89. The van der Waals surface area contributed by atoms with Gasteiger partial charge in [0.1, 0.15) is 17.3 Å². The van der Waals surface area contributed by atoms with Crippen molar-refractivity contribution in [1.82, 2.24) is 14.5 Å². The first kappa shape index (κ1) is 21.6. The number of carbonyl (C=O) groups is 1. The molecule has 0 spiro atoms. The molecule has 5 rings (SSSR count). The number of methoxy groups -OCH3 is 1. The zero-order chi connectivity index (χ0) is 22.9. The molecule has 1 saturated heterocycles. The molecule has 1 aromatic carbocycles. The second kappa shape index (κ2) is 8.98. The summed E-state index contributed by atoms with van der Waals surface area (Å²) in [5, 5.41) is 0. The first-order chi connectivity index (χ1) is 16.1. The van der Waals surface area contributed by atoms with Gasteiger partial charge in [-0.15, -0.1) is 0 Å². The molecule has 3 aromatic rings. The number of hydrogen-bond donors (Lipinski definition) is 0. The van der Waals surface area contributed by atoms with E-state index in [0.717, 1.165) is 60.2 Å². The summed E-state index contributed by atoms with van der Waals surface area (Å²) in [5.41, 5.74) is 3.91. The van der Waals surface area contributed by atoms with E-state index in [4.69, 9.17) is 4.74 Å². The first-order valence-corrected chi connectivity index (χ1v) is 11.5. The minimum atomic E-state index is -0.411. The predicted molar refractivity (Wildman–Crippen MR) is 127 cm³/mol. The summed E-state index contributed by atoms with van der Waals surface area (Å²) < 4.78 is 20.9. The highest BCUT2D eigenvalue weighted by atomic mass is 19.1. The lowest BCUT2D eigenvalue weighted by molar-refractivity contribution is 0.0591. The van der Waals surface area contributed by atoms with Gasteiger partial charge in [-0.25, -0.2) is 9.18 Å². The molecule has 2 aromatic heterocycles. The monoisotopic (exact) mass is 448 g/mol. The van der Waals surface area contributed by atoms with Crippen molar-refractivity contribution >= 4 is 11.8 Å². The van der Waals surface area contributed by atoms with Gasteiger partial charge in [0.25, 0.3) is 0 Å². The second-order valence-corrected chi connectivity index (χ2v) is 8.95. The molecule has 0 radical (unpaired) electrons. The third-order valence-corrected chi connectivity index (χ3v) is 6.73. The number of pyridine rings is 1. The lowest BCUT2D eigenvalue weighted by atomic mass is 9.96. The Labute approximate surface area is 193 Å². The number of benzene rings is 1. The maximum Gasteiger partial charge on any atom is 0.355 e. The predicted octanol–water partition coefficient (Wildman–Crippen LogP) is 4.21. The van der Waals surface area contributed by atoms with Gasteiger partial charge in [0.15, 0.2) is 0 Å². The third kappa shape index (κ3) is 4.25. The largest absolute Gasteiger partial charge is 0.464 e. The molecule has 7 heteroatoms. The van der Waals surface area contributed by atoms with Crippen molar-refractivity contribution in [3.63, 3.8) is 0 Å². The molecule has 172 valence electrons. The molecule has 1 aliphatic carbocycles. The van der Waals surface area contributed by atoms with E-state index in [1.54, 1.807) is 24.5 Å². The topological polar surface area (TPSA) is 50.6 Å². The molecule has 0 unspecified atom stereocenters. The number of halogens is 1. The summed E-state index contributed by atoms with van der Waals surface area (Å²) in [7, 11) is 3.31. The average Bonchev–Trinajstić information content (AvgIpc) is 3.61. The van der Waals surface area contributed by atoms with Gasteiger partial charge < -0.3 is 14.2 Å². The molecular weight excluding hydrogens is 419 g/mol. The van der Waals surface area contributed by atoms with Gasteiger partial charge >= 0.3 is 5.97 Å². The highest BCUT2D eigenvalue weighted by molar-refractivity contribution is 6.05. The van der Waals surface area contributed by atoms with Gasteiger partial charge in [0, 0.05) is 63.3 Å². The zero-order valence-electron chi connectivity index (χ0n) is 19.1. The van der Waals surface area contributed by atoms with Gasteiger partial charge in [0.2, 0.25) is 0 Å². The van der Waals surface area contributed by atoms with Crippen molar-refractivity contribution in [3.05, 3.63) is 60.3 Å². The fourth-order valence-corrected chi connectivity index (χ4v) is 4.87. The Bertz CT molecular complexity index is 1130. The maximum absolute atomic E-state index is 13.7. The summed E-state index contributed by atoms with van der Waals surface area (Å²) in [4.78, 5) is 22.1. The smallest absolute Gasteiger partial charge is 0.355 e. The Morgan fingerprint density at radius 2 is 1.64 bits per heavy atom. The quantitative estimate of drug-likeness (QED) is 0.529. The van der Waals surface area contributed by atoms with Crippen LogP contribution in [0.2, 0.25) is 0 Å². The number of rotatable bonds is 6. The van der Waals surface area contributed by atoms with Crippen LogP contribution in [0, 0.1) is 11.7 Å². The fourth-order valence-electron chi connectivity index (χ4n) is 4.87. The minimum Gasteiger partial charge on any atom is -0.464 e. The molecule has 33 heavy (non-hydrogen) atoms. The van der Waals surface area contributed by atoms with Crippen LogP contribution in [0.1, 0.15) is 23.3 Å². The number of carbonyl (C=O) groups excluding carboxylic acids is 1. The van der Waals surface area contributed by atoms with E-state index in [2.05, 4.69) is 14.8 Å². The van der Waals surface area contributed by atoms with Gasteiger partial charge in [-0.1, -0.05) is 12.1 Å². The van der Waals surface area contributed by atoms with Crippen LogP contribution >= 0.6 is 0 Å². The summed E-state index contributed by atoms with van der Waals surface area (Å²) >= 11 is 0. The molecule has 1 aliphatic heterocycles. The van der Waals surface area contributed by atoms with Crippen molar-refractivity contribution in [3.8, 4) is 22.3 Å². The lowest BCUT2D eigenvalue weighted by Gasteiger charge is -2.37. The maximum atomic E-state index is 13.7. The normalized spacial score (nSPS) is 16.8. The zero-order valence-corrected chi connectivity index (χ0v) is 19.1. The number of nitrogens with zero attached hydrogens (tertiary/aromatic N) is 4. The SMILES string of the molecule is COC(=O)c1c(-c2ccc(F)cc2)c(-c2ccncc2)c(N2CCN(CC3CC3)CC2)n1C. The Morgan fingerprint density at radius 3 is 2.24 bits per heavy atom. The van der Waals surface area contributed by atoms with E-state index in [1.807, 2.05) is 23.7 Å². The third-order valence-electron chi connectivity index (χ3n) is 6.73. The van der Waals surface area contributed by atoms with Crippen LogP contribution in [0.3, 0.4) is 0 Å². The number of aromatic nitrogens is 2. The van der Waals surface area contributed by atoms with Gasteiger partial charge in [-0.05, 0) is 54.2 Å². The number of esters is 1. The molecule has 0 bridgehead atoms. The molecule has 2 aliphatic rings. The van der Waals surface area contributed by atoms with E-state index >= 15 is 0 Å². The highest BCUT2D eigenvalue weighted by Gasteiger charge is 2.33. The summed E-state index contributed by atoms with van der Waals surface area (Å²) in [5.74, 6) is 1.12. The van der Waals surface area contributed by atoms with E-state index in [0.29, 0.717) is 5.69 Å². The van der Waals surface area contributed by atoms with Crippen molar-refractivity contribution < 1.29 is 13.9 Å². The number of hydrogen-bond acceptors (Lipinski definition) is 5. The Morgan fingerprint density at radius 1 is 1.00 bits per heavy atom. The van der Waals surface area contributed by atoms with Crippen LogP contribution in [0.15, 0.2) is 48.8 Å². The standard InChI is InChI=1S/C26H29FN4O2/c1-29-24(26(32)33-2)22(19-5-7-21(27)8-6-19)23(20-9-11-28-12-10-20)25(29)31-15-13-30(14-16-31)17-18-3-4-18/h5-12,18H,3-4,13-17H2,1-2H3. The molecule has 6 nitrogen and oxygen atoms in total. The number of anilines is 1. The highest BCUT2D eigenvalue weighted by Crippen LogP contribution is 2.44. The molecule has 0 N–H and O–H groups in total. The molecule has 2 fully saturated rings.